The van der Waals surface area contributed by atoms with E-state index in [1.54, 1.807) is 0 Å². The zero-order chi connectivity index (χ0) is 19.9. The lowest BCUT2D eigenvalue weighted by atomic mass is 10.2. The second kappa shape index (κ2) is 7.65. The van der Waals surface area contributed by atoms with Gasteiger partial charge in [0, 0.05) is 21.4 Å². The Morgan fingerprint density at radius 3 is 2.93 bits per heavy atom. The van der Waals surface area contributed by atoms with Crippen molar-refractivity contribution in [2.75, 3.05) is 18.1 Å². The molecule has 4 rings (SSSR count). The molecule has 1 aliphatic rings. The number of halogens is 1. The zero-order valence-electron chi connectivity index (χ0n) is 14.6. The van der Waals surface area contributed by atoms with Gasteiger partial charge >= 0.3 is 0 Å². The normalized spacial score (nSPS) is 13.6. The number of hydrogen-bond acceptors (Lipinski definition) is 8. The van der Waals surface area contributed by atoms with E-state index in [1.807, 2.05) is 10.6 Å². The predicted molar refractivity (Wildman–Crippen MR) is 115 cm³/mol. The Balaban J connectivity index is 1.71. The van der Waals surface area contributed by atoms with E-state index in [9.17, 15) is 8.42 Å². The third kappa shape index (κ3) is 4.04. The quantitative estimate of drug-likeness (QED) is 0.458. The second-order valence-electron chi connectivity index (χ2n) is 6.29. The fraction of sp³-hybridized carbons (Fsp3) is 0.312. The molecule has 0 saturated heterocycles. The molecule has 0 unspecified atom stereocenters. The number of rotatable bonds is 6. The van der Waals surface area contributed by atoms with Crippen molar-refractivity contribution in [1.82, 2.24) is 19.5 Å². The van der Waals surface area contributed by atoms with Crippen LogP contribution in [0.5, 0.6) is 5.75 Å². The van der Waals surface area contributed by atoms with Crippen LogP contribution in [0.3, 0.4) is 0 Å². The number of imidazole rings is 1. The number of hydrogen-bond donors (Lipinski definition) is 2. The van der Waals surface area contributed by atoms with Gasteiger partial charge in [-0.25, -0.2) is 28.5 Å². The van der Waals surface area contributed by atoms with Crippen molar-refractivity contribution in [3.05, 3.63) is 27.6 Å². The molecule has 0 amide bonds. The first-order valence-electron chi connectivity index (χ1n) is 8.42. The van der Waals surface area contributed by atoms with Crippen LogP contribution in [0.15, 0.2) is 28.5 Å². The summed E-state index contributed by atoms with van der Waals surface area (Å²) in [6.45, 7) is 1.08. The molecular weight excluding hydrogens is 515 g/mol. The number of aromatic nitrogens is 4. The molecule has 3 aromatic rings. The van der Waals surface area contributed by atoms with Crippen LogP contribution in [0.2, 0.25) is 0 Å². The Morgan fingerprint density at radius 1 is 1.32 bits per heavy atom. The smallest absolute Gasteiger partial charge is 0.209 e. The van der Waals surface area contributed by atoms with Crippen molar-refractivity contribution in [2.24, 2.45) is 5.14 Å². The number of sulfonamides is 1. The first kappa shape index (κ1) is 19.7. The number of nitrogens with zero attached hydrogens (tertiary/aromatic N) is 4. The molecule has 3 heterocycles. The van der Waals surface area contributed by atoms with E-state index in [-0.39, 0.29) is 11.6 Å². The third-order valence-electron chi connectivity index (χ3n) is 4.28. The number of nitrogens with two attached hydrogens (primary N) is 2. The van der Waals surface area contributed by atoms with Gasteiger partial charge in [0.15, 0.2) is 22.1 Å². The van der Waals surface area contributed by atoms with E-state index in [1.165, 1.54) is 23.7 Å². The number of primary sulfonamides is 1. The standard InChI is InChI=1S/C16H17IN6O3S2/c17-10-6-9-2-4-26-11(9)7-12(10)27-16-22-13-14(18)20-8-21-15(13)23(16)3-1-5-28(19,24)25/h6-8H,1-5H2,(H2,18,20,21)(H2,19,24,25). The summed E-state index contributed by atoms with van der Waals surface area (Å²) in [6, 6.07) is 4.13. The Kier molecular flexibility index (Phi) is 5.37. The monoisotopic (exact) mass is 532 g/mol. The number of ether oxygens (including phenoxy) is 1. The summed E-state index contributed by atoms with van der Waals surface area (Å²) in [7, 11) is -3.54. The molecule has 0 saturated carbocycles. The molecule has 12 heteroatoms. The molecule has 0 spiro atoms. The topological polar surface area (TPSA) is 139 Å². The van der Waals surface area contributed by atoms with Crippen LogP contribution in [0.4, 0.5) is 5.82 Å². The minimum absolute atomic E-state index is 0.123. The maximum absolute atomic E-state index is 11.3. The van der Waals surface area contributed by atoms with Crippen LogP contribution in [-0.4, -0.2) is 40.3 Å². The van der Waals surface area contributed by atoms with E-state index in [0.29, 0.717) is 35.9 Å². The van der Waals surface area contributed by atoms with Crippen molar-refractivity contribution in [3.63, 3.8) is 0 Å². The van der Waals surface area contributed by atoms with Crippen molar-refractivity contribution in [3.8, 4) is 5.75 Å². The zero-order valence-corrected chi connectivity index (χ0v) is 18.4. The van der Waals surface area contributed by atoms with Crippen LogP contribution in [0, 0.1) is 3.57 Å². The van der Waals surface area contributed by atoms with Gasteiger partial charge in [0.2, 0.25) is 10.0 Å². The van der Waals surface area contributed by atoms with Gasteiger partial charge in [0.05, 0.1) is 12.4 Å². The highest BCUT2D eigenvalue weighted by Crippen LogP contribution is 2.38. The third-order valence-corrected chi connectivity index (χ3v) is 7.45. The lowest BCUT2D eigenvalue weighted by molar-refractivity contribution is 0.356. The van der Waals surface area contributed by atoms with E-state index in [4.69, 9.17) is 15.6 Å². The van der Waals surface area contributed by atoms with Crippen molar-refractivity contribution >= 4 is 61.4 Å². The van der Waals surface area contributed by atoms with Gasteiger partial charge in [0.1, 0.15) is 12.1 Å². The van der Waals surface area contributed by atoms with Gasteiger partial charge in [-0.1, -0.05) is 11.8 Å². The van der Waals surface area contributed by atoms with Gasteiger partial charge < -0.3 is 15.0 Å². The van der Waals surface area contributed by atoms with Gasteiger partial charge in [0.25, 0.3) is 0 Å². The van der Waals surface area contributed by atoms with Crippen LogP contribution in [-0.2, 0) is 23.0 Å². The summed E-state index contributed by atoms with van der Waals surface area (Å²) >= 11 is 3.75. The highest BCUT2D eigenvalue weighted by atomic mass is 127. The molecule has 0 fully saturated rings. The maximum Gasteiger partial charge on any atom is 0.209 e. The average molecular weight is 532 g/mol. The summed E-state index contributed by atoms with van der Waals surface area (Å²) in [5, 5.41) is 5.79. The number of fused-ring (bicyclic) bond motifs is 2. The molecular formula is C16H17IN6O3S2. The molecule has 28 heavy (non-hydrogen) atoms. The van der Waals surface area contributed by atoms with E-state index >= 15 is 0 Å². The fourth-order valence-corrected chi connectivity index (χ4v) is 5.33. The Morgan fingerprint density at radius 2 is 2.14 bits per heavy atom. The molecule has 1 aliphatic heterocycles. The number of benzene rings is 1. The minimum Gasteiger partial charge on any atom is -0.493 e. The Hall–Kier alpha value is -1.64. The van der Waals surface area contributed by atoms with Crippen molar-refractivity contribution in [1.29, 1.82) is 0 Å². The highest BCUT2D eigenvalue weighted by Gasteiger charge is 2.20. The lowest BCUT2D eigenvalue weighted by Crippen LogP contribution is -2.18. The van der Waals surface area contributed by atoms with Crippen LogP contribution in [0.25, 0.3) is 11.2 Å². The molecule has 4 N–H and O–H groups in total. The molecule has 0 radical (unpaired) electrons. The number of anilines is 1. The Bertz CT molecular complexity index is 1160. The van der Waals surface area contributed by atoms with Gasteiger partial charge in [-0.15, -0.1) is 0 Å². The summed E-state index contributed by atoms with van der Waals surface area (Å²) < 4.78 is 31.2. The second-order valence-corrected chi connectivity index (χ2v) is 10.2. The van der Waals surface area contributed by atoms with Gasteiger partial charge in [-0.05, 0) is 46.7 Å². The molecule has 9 nitrogen and oxygen atoms in total. The minimum atomic E-state index is -3.54. The van der Waals surface area contributed by atoms with E-state index < -0.39 is 10.0 Å². The molecule has 0 aliphatic carbocycles. The molecule has 0 bridgehead atoms. The fourth-order valence-electron chi connectivity index (χ4n) is 2.99. The SMILES string of the molecule is Nc1ncnc2c1nc(Sc1cc3c(cc1I)CCO3)n2CCCS(N)(=O)=O. The number of nitrogen functional groups attached to an aromatic ring is 1. The first-order valence-corrected chi connectivity index (χ1v) is 12.0. The summed E-state index contributed by atoms with van der Waals surface area (Å²) in [4.78, 5) is 13.9. The largest absolute Gasteiger partial charge is 0.493 e. The summed E-state index contributed by atoms with van der Waals surface area (Å²) in [5.41, 5.74) is 8.22. The summed E-state index contributed by atoms with van der Waals surface area (Å²) in [6.07, 6.45) is 2.62. The van der Waals surface area contributed by atoms with Gasteiger partial charge in [-0.3, -0.25) is 0 Å². The van der Waals surface area contributed by atoms with Crippen LogP contribution in [0.1, 0.15) is 12.0 Å². The predicted octanol–water partition coefficient (Wildman–Crippen LogP) is 1.78. The average Bonchev–Trinajstić information content (AvgIpc) is 3.20. The number of aryl methyl sites for hydroxylation is 1. The van der Waals surface area contributed by atoms with E-state index in [2.05, 4.69) is 43.6 Å². The van der Waals surface area contributed by atoms with Crippen LogP contribution < -0.4 is 15.6 Å². The molecule has 2 aromatic heterocycles. The van der Waals surface area contributed by atoms with Crippen molar-refractivity contribution in [2.45, 2.75) is 29.4 Å². The Labute approximate surface area is 179 Å². The maximum atomic E-state index is 11.3. The first-order chi connectivity index (χ1) is 13.3. The molecule has 0 atom stereocenters. The molecule has 148 valence electrons. The lowest BCUT2D eigenvalue weighted by Gasteiger charge is -2.10. The van der Waals surface area contributed by atoms with Crippen molar-refractivity contribution < 1.29 is 13.2 Å². The molecule has 1 aromatic carbocycles. The highest BCUT2D eigenvalue weighted by molar-refractivity contribution is 14.1. The van der Waals surface area contributed by atoms with Crippen LogP contribution >= 0.6 is 34.4 Å². The van der Waals surface area contributed by atoms with Gasteiger partial charge in [-0.2, -0.15) is 0 Å². The van der Waals surface area contributed by atoms with E-state index in [0.717, 1.165) is 20.6 Å². The summed E-state index contributed by atoms with van der Waals surface area (Å²) in [5.74, 6) is 1.05.